The van der Waals surface area contributed by atoms with Crippen molar-refractivity contribution < 1.29 is 4.39 Å². The SMILES string of the molecule is Cc1cc(C)cc(CC(CCl)(CCl)c2cccc(F)c2)c1. The molecule has 0 nitrogen and oxygen atoms in total. The van der Waals surface area contributed by atoms with Crippen LogP contribution in [0.3, 0.4) is 0 Å². The molecule has 0 aliphatic carbocycles. The summed E-state index contributed by atoms with van der Waals surface area (Å²) in [6.07, 6.45) is 0.700. The van der Waals surface area contributed by atoms with Crippen molar-refractivity contribution in [2.24, 2.45) is 0 Å². The zero-order chi connectivity index (χ0) is 15.5. The summed E-state index contributed by atoms with van der Waals surface area (Å²) in [7, 11) is 0. The van der Waals surface area contributed by atoms with Gasteiger partial charge in [0.15, 0.2) is 0 Å². The lowest BCUT2D eigenvalue weighted by molar-refractivity contribution is 0.528. The fourth-order valence-electron chi connectivity index (χ4n) is 2.77. The molecule has 0 fully saturated rings. The Morgan fingerprint density at radius 1 is 0.952 bits per heavy atom. The van der Waals surface area contributed by atoms with Crippen LogP contribution < -0.4 is 0 Å². The van der Waals surface area contributed by atoms with Crippen molar-refractivity contribution in [3.05, 3.63) is 70.5 Å². The Morgan fingerprint density at radius 3 is 2.10 bits per heavy atom. The summed E-state index contributed by atoms with van der Waals surface area (Å²) in [6, 6.07) is 13.0. The summed E-state index contributed by atoms with van der Waals surface area (Å²) in [4.78, 5) is 0. The highest BCUT2D eigenvalue weighted by Gasteiger charge is 2.31. The average molecular weight is 325 g/mol. The second-order valence-electron chi connectivity index (χ2n) is 5.73. The first-order valence-corrected chi connectivity index (χ1v) is 8.01. The van der Waals surface area contributed by atoms with Gasteiger partial charge in [-0.15, -0.1) is 23.2 Å². The quantitative estimate of drug-likeness (QED) is 0.646. The van der Waals surface area contributed by atoms with Crippen LogP contribution in [0.2, 0.25) is 0 Å². The summed E-state index contributed by atoms with van der Waals surface area (Å²) in [6.45, 7) is 4.14. The zero-order valence-electron chi connectivity index (χ0n) is 12.3. The number of hydrogen-bond donors (Lipinski definition) is 0. The van der Waals surface area contributed by atoms with Crippen LogP contribution in [0.4, 0.5) is 4.39 Å². The molecule has 0 atom stereocenters. The maximum atomic E-state index is 13.6. The van der Waals surface area contributed by atoms with Crippen LogP contribution in [0.5, 0.6) is 0 Å². The Labute approximate surface area is 135 Å². The molecule has 0 aliphatic rings. The van der Waals surface area contributed by atoms with E-state index in [0.29, 0.717) is 18.2 Å². The van der Waals surface area contributed by atoms with Crippen LogP contribution in [0.25, 0.3) is 0 Å². The highest BCUT2D eigenvalue weighted by molar-refractivity contribution is 6.22. The molecule has 0 spiro atoms. The lowest BCUT2D eigenvalue weighted by atomic mass is 9.78. The minimum Gasteiger partial charge on any atom is -0.207 e. The maximum absolute atomic E-state index is 13.6. The first kappa shape index (κ1) is 16.3. The van der Waals surface area contributed by atoms with E-state index in [1.165, 1.54) is 28.8 Å². The van der Waals surface area contributed by atoms with Gasteiger partial charge in [-0.3, -0.25) is 0 Å². The third-order valence-corrected chi connectivity index (χ3v) is 4.80. The van der Waals surface area contributed by atoms with Crippen LogP contribution in [0.15, 0.2) is 42.5 Å². The molecule has 0 heterocycles. The molecule has 0 aliphatic heterocycles. The summed E-state index contributed by atoms with van der Waals surface area (Å²) < 4.78 is 13.6. The molecule has 0 radical (unpaired) electrons. The van der Waals surface area contributed by atoms with Gasteiger partial charge in [0.25, 0.3) is 0 Å². The van der Waals surface area contributed by atoms with Gasteiger partial charge in [-0.2, -0.15) is 0 Å². The van der Waals surface area contributed by atoms with Gasteiger partial charge in [-0.1, -0.05) is 41.5 Å². The van der Waals surface area contributed by atoms with E-state index in [4.69, 9.17) is 23.2 Å². The van der Waals surface area contributed by atoms with Crippen molar-refractivity contribution >= 4 is 23.2 Å². The van der Waals surface area contributed by atoms with Gasteiger partial charge in [0.05, 0.1) is 0 Å². The van der Waals surface area contributed by atoms with Crippen molar-refractivity contribution in [2.75, 3.05) is 11.8 Å². The van der Waals surface area contributed by atoms with Gasteiger partial charge >= 0.3 is 0 Å². The van der Waals surface area contributed by atoms with E-state index in [0.717, 1.165) is 5.56 Å². The van der Waals surface area contributed by atoms with Crippen molar-refractivity contribution in [3.8, 4) is 0 Å². The Kier molecular flexibility index (Phi) is 5.29. The third-order valence-electron chi connectivity index (χ3n) is 3.77. The molecule has 0 unspecified atom stereocenters. The maximum Gasteiger partial charge on any atom is 0.123 e. The molecule has 2 aromatic rings. The fraction of sp³-hybridized carbons (Fsp3) is 0.333. The summed E-state index contributed by atoms with van der Waals surface area (Å²) in [5.41, 5.74) is 4.00. The molecule has 3 heteroatoms. The number of alkyl halides is 2. The third kappa shape index (κ3) is 3.78. The van der Waals surface area contributed by atoms with Crippen LogP contribution in [-0.2, 0) is 11.8 Å². The predicted octanol–water partition coefficient (Wildman–Crippen LogP) is 5.40. The predicted molar refractivity (Wildman–Crippen MR) is 89.1 cm³/mol. The Balaban J connectivity index is 2.42. The normalized spacial score (nSPS) is 11.7. The number of hydrogen-bond acceptors (Lipinski definition) is 0. The molecule has 0 aromatic heterocycles. The molecule has 0 bridgehead atoms. The zero-order valence-corrected chi connectivity index (χ0v) is 13.8. The van der Waals surface area contributed by atoms with Crippen LogP contribution >= 0.6 is 23.2 Å². The second kappa shape index (κ2) is 6.81. The van der Waals surface area contributed by atoms with Gasteiger partial charge in [0, 0.05) is 17.2 Å². The standard InChI is InChI=1S/C18H19Cl2F/c1-13-6-14(2)8-15(7-13)10-18(11-19,12-20)16-4-3-5-17(21)9-16/h3-9H,10-12H2,1-2H3. The van der Waals surface area contributed by atoms with Crippen molar-refractivity contribution in [1.29, 1.82) is 0 Å². The van der Waals surface area contributed by atoms with E-state index >= 15 is 0 Å². The van der Waals surface area contributed by atoms with E-state index in [1.54, 1.807) is 6.07 Å². The topological polar surface area (TPSA) is 0 Å². The molecular weight excluding hydrogens is 306 g/mol. The van der Waals surface area contributed by atoms with Crippen LogP contribution in [0.1, 0.15) is 22.3 Å². The second-order valence-corrected chi connectivity index (χ2v) is 6.27. The minimum absolute atomic E-state index is 0.257. The smallest absolute Gasteiger partial charge is 0.123 e. The first-order valence-electron chi connectivity index (χ1n) is 6.94. The number of halogens is 3. The van der Waals surface area contributed by atoms with Crippen LogP contribution in [0, 0.1) is 19.7 Å². The minimum atomic E-state index is -0.453. The Hall–Kier alpha value is -1.05. The lowest BCUT2D eigenvalue weighted by Crippen LogP contribution is -2.33. The number of rotatable bonds is 5. The molecule has 0 saturated carbocycles. The average Bonchev–Trinajstić information content (AvgIpc) is 2.44. The molecule has 2 aromatic carbocycles. The Bertz CT molecular complexity index is 598. The highest BCUT2D eigenvalue weighted by Crippen LogP contribution is 2.32. The van der Waals surface area contributed by atoms with E-state index in [1.807, 2.05) is 6.07 Å². The molecule has 2 rings (SSSR count). The summed E-state index contributed by atoms with van der Waals surface area (Å²) in [5.74, 6) is 0.451. The first-order chi connectivity index (χ1) is 9.99. The van der Waals surface area contributed by atoms with Gasteiger partial charge in [-0.05, 0) is 43.5 Å². The van der Waals surface area contributed by atoms with Crippen LogP contribution in [-0.4, -0.2) is 11.8 Å². The number of benzene rings is 2. The van der Waals surface area contributed by atoms with E-state index in [-0.39, 0.29) is 5.82 Å². The molecule has 0 saturated heterocycles. The van der Waals surface area contributed by atoms with Gasteiger partial charge in [0.1, 0.15) is 5.82 Å². The van der Waals surface area contributed by atoms with Crippen molar-refractivity contribution in [1.82, 2.24) is 0 Å². The van der Waals surface area contributed by atoms with E-state index in [9.17, 15) is 4.39 Å². The highest BCUT2D eigenvalue weighted by atomic mass is 35.5. The Morgan fingerprint density at radius 2 is 1.57 bits per heavy atom. The molecule has 112 valence electrons. The molecular formula is C18H19Cl2F. The van der Waals surface area contributed by atoms with Gasteiger partial charge < -0.3 is 0 Å². The van der Waals surface area contributed by atoms with Gasteiger partial charge in [-0.25, -0.2) is 4.39 Å². The monoisotopic (exact) mass is 324 g/mol. The van der Waals surface area contributed by atoms with Crippen molar-refractivity contribution in [2.45, 2.75) is 25.7 Å². The molecule has 21 heavy (non-hydrogen) atoms. The van der Waals surface area contributed by atoms with Crippen molar-refractivity contribution in [3.63, 3.8) is 0 Å². The largest absolute Gasteiger partial charge is 0.207 e. The lowest BCUT2D eigenvalue weighted by Gasteiger charge is -2.30. The molecule has 0 N–H and O–H groups in total. The van der Waals surface area contributed by atoms with Gasteiger partial charge in [0.2, 0.25) is 0 Å². The summed E-state index contributed by atoms with van der Waals surface area (Å²) >= 11 is 12.5. The van der Waals surface area contributed by atoms with E-state index in [2.05, 4.69) is 32.0 Å². The molecule has 0 amide bonds. The summed E-state index contributed by atoms with van der Waals surface area (Å²) in [5, 5.41) is 0. The number of aryl methyl sites for hydroxylation is 2. The van der Waals surface area contributed by atoms with E-state index < -0.39 is 5.41 Å². The fourth-order valence-corrected chi connectivity index (χ4v) is 3.55.